The van der Waals surface area contributed by atoms with Gasteiger partial charge >= 0.3 is 0 Å². The van der Waals surface area contributed by atoms with Crippen LogP contribution in [-0.4, -0.2) is 5.91 Å². The monoisotopic (exact) mass is 318 g/mol. The molecule has 0 aliphatic rings. The number of halogens is 1. The third kappa shape index (κ3) is 3.15. The number of hydrogen-bond acceptors (Lipinski definition) is 2. The van der Waals surface area contributed by atoms with Crippen LogP contribution < -0.4 is 11.1 Å². The van der Waals surface area contributed by atoms with E-state index in [9.17, 15) is 4.79 Å². The second-order valence-corrected chi connectivity index (χ2v) is 5.11. The number of para-hydroxylation sites is 1. The maximum atomic E-state index is 12.2. The van der Waals surface area contributed by atoms with Gasteiger partial charge in [-0.3, -0.25) is 4.79 Å². The van der Waals surface area contributed by atoms with Crippen molar-refractivity contribution in [2.75, 3.05) is 11.1 Å². The van der Waals surface area contributed by atoms with Gasteiger partial charge in [0.2, 0.25) is 0 Å². The zero-order valence-corrected chi connectivity index (χ0v) is 12.2. The van der Waals surface area contributed by atoms with E-state index in [1.54, 1.807) is 18.2 Å². The van der Waals surface area contributed by atoms with Gasteiger partial charge in [-0.1, -0.05) is 41.1 Å². The van der Waals surface area contributed by atoms with Gasteiger partial charge in [0.1, 0.15) is 0 Å². The molecule has 3 nitrogen and oxygen atoms in total. The number of benzene rings is 2. The van der Waals surface area contributed by atoms with Crippen molar-refractivity contribution in [3.63, 3.8) is 0 Å². The highest BCUT2D eigenvalue weighted by Crippen LogP contribution is 2.21. The molecule has 0 heterocycles. The molecule has 1 amide bonds. The molecule has 0 spiro atoms. The van der Waals surface area contributed by atoms with Gasteiger partial charge in [-0.05, 0) is 36.2 Å². The molecule has 0 saturated heterocycles. The molecule has 19 heavy (non-hydrogen) atoms. The van der Waals surface area contributed by atoms with Gasteiger partial charge in [-0.25, -0.2) is 0 Å². The molecule has 0 aliphatic heterocycles. The van der Waals surface area contributed by atoms with E-state index in [1.165, 1.54) is 0 Å². The summed E-state index contributed by atoms with van der Waals surface area (Å²) >= 11 is 3.32. The smallest absolute Gasteiger partial charge is 0.257 e. The number of anilines is 2. The molecule has 2 aromatic rings. The Balaban J connectivity index is 2.26. The van der Waals surface area contributed by atoms with Gasteiger partial charge in [0.25, 0.3) is 5.91 Å². The standard InChI is InChI=1S/C15H15BrN2O/c1-2-10-5-3-4-6-14(10)18-15(19)12-8-7-11(16)9-13(12)17/h3-9H,2,17H2,1H3,(H,18,19). The lowest BCUT2D eigenvalue weighted by Gasteiger charge is -2.11. The number of aryl methyl sites for hydroxylation is 1. The van der Waals surface area contributed by atoms with E-state index in [2.05, 4.69) is 28.2 Å². The molecule has 0 aromatic heterocycles. The molecular weight excluding hydrogens is 304 g/mol. The first-order chi connectivity index (χ1) is 9.11. The number of rotatable bonds is 3. The molecule has 0 saturated carbocycles. The Bertz CT molecular complexity index is 611. The lowest BCUT2D eigenvalue weighted by molar-refractivity contribution is 0.102. The van der Waals surface area contributed by atoms with Gasteiger partial charge in [-0.15, -0.1) is 0 Å². The molecule has 0 unspecified atom stereocenters. The fraction of sp³-hybridized carbons (Fsp3) is 0.133. The number of nitrogen functional groups attached to an aromatic ring is 1. The molecule has 98 valence electrons. The predicted molar refractivity (Wildman–Crippen MR) is 82.3 cm³/mol. The van der Waals surface area contributed by atoms with Crippen molar-refractivity contribution in [3.05, 3.63) is 58.1 Å². The van der Waals surface area contributed by atoms with Crippen LogP contribution in [-0.2, 0) is 6.42 Å². The highest BCUT2D eigenvalue weighted by atomic mass is 79.9. The van der Waals surface area contributed by atoms with E-state index < -0.39 is 0 Å². The van der Waals surface area contributed by atoms with E-state index in [0.717, 1.165) is 22.1 Å². The van der Waals surface area contributed by atoms with Crippen LogP contribution in [0.25, 0.3) is 0 Å². The van der Waals surface area contributed by atoms with Crippen LogP contribution in [0.4, 0.5) is 11.4 Å². The average molecular weight is 319 g/mol. The van der Waals surface area contributed by atoms with Crippen LogP contribution in [0.5, 0.6) is 0 Å². The maximum Gasteiger partial charge on any atom is 0.257 e. The zero-order chi connectivity index (χ0) is 13.8. The second-order valence-electron chi connectivity index (χ2n) is 4.20. The van der Waals surface area contributed by atoms with Crippen LogP contribution in [0.1, 0.15) is 22.8 Å². The number of hydrogen-bond donors (Lipinski definition) is 2. The Morgan fingerprint density at radius 3 is 2.68 bits per heavy atom. The van der Waals surface area contributed by atoms with E-state index >= 15 is 0 Å². The second kappa shape index (κ2) is 5.89. The first-order valence-corrected chi connectivity index (χ1v) is 6.85. The Morgan fingerprint density at radius 2 is 2.00 bits per heavy atom. The Kier molecular flexibility index (Phi) is 4.22. The number of amides is 1. The molecule has 0 bridgehead atoms. The number of carbonyl (C=O) groups excluding carboxylic acids is 1. The molecule has 4 heteroatoms. The fourth-order valence-corrected chi connectivity index (χ4v) is 2.26. The van der Waals surface area contributed by atoms with Crippen molar-refractivity contribution in [2.45, 2.75) is 13.3 Å². The fourth-order valence-electron chi connectivity index (χ4n) is 1.88. The Hall–Kier alpha value is -1.81. The SMILES string of the molecule is CCc1ccccc1NC(=O)c1ccc(Br)cc1N. The lowest BCUT2D eigenvalue weighted by atomic mass is 10.1. The molecule has 0 atom stereocenters. The van der Waals surface area contributed by atoms with E-state index in [4.69, 9.17) is 5.73 Å². The summed E-state index contributed by atoms with van der Waals surface area (Å²) in [5.41, 5.74) is 8.73. The van der Waals surface area contributed by atoms with Crippen molar-refractivity contribution in [2.24, 2.45) is 0 Å². The molecule has 0 aliphatic carbocycles. The van der Waals surface area contributed by atoms with Gasteiger partial charge in [0.15, 0.2) is 0 Å². The van der Waals surface area contributed by atoms with Crippen molar-refractivity contribution in [1.82, 2.24) is 0 Å². The summed E-state index contributed by atoms with van der Waals surface area (Å²) in [6.45, 7) is 2.05. The van der Waals surface area contributed by atoms with Crippen molar-refractivity contribution >= 4 is 33.2 Å². The van der Waals surface area contributed by atoms with Gasteiger partial charge in [0, 0.05) is 15.8 Å². The Labute approximate surface area is 121 Å². The largest absolute Gasteiger partial charge is 0.398 e. The maximum absolute atomic E-state index is 12.2. The normalized spacial score (nSPS) is 10.2. The minimum absolute atomic E-state index is 0.189. The summed E-state index contributed by atoms with van der Waals surface area (Å²) in [5, 5.41) is 2.90. The molecule has 0 fully saturated rings. The lowest BCUT2D eigenvalue weighted by Crippen LogP contribution is -2.15. The van der Waals surface area contributed by atoms with Gasteiger partial charge < -0.3 is 11.1 Å². The summed E-state index contributed by atoms with van der Waals surface area (Å²) in [7, 11) is 0. The molecule has 2 aromatic carbocycles. The zero-order valence-electron chi connectivity index (χ0n) is 10.6. The van der Waals surface area contributed by atoms with E-state index in [1.807, 2.05) is 24.3 Å². The molecular formula is C15H15BrN2O. The highest BCUT2D eigenvalue weighted by Gasteiger charge is 2.11. The van der Waals surface area contributed by atoms with E-state index in [0.29, 0.717) is 11.3 Å². The first kappa shape index (κ1) is 13.6. The summed E-state index contributed by atoms with van der Waals surface area (Å²) in [5.74, 6) is -0.189. The van der Waals surface area contributed by atoms with Crippen LogP contribution in [0.15, 0.2) is 46.9 Å². The summed E-state index contributed by atoms with van der Waals surface area (Å²) in [4.78, 5) is 12.2. The topological polar surface area (TPSA) is 55.1 Å². The number of nitrogens with one attached hydrogen (secondary N) is 1. The molecule has 2 rings (SSSR count). The van der Waals surface area contributed by atoms with Crippen molar-refractivity contribution in [3.8, 4) is 0 Å². The van der Waals surface area contributed by atoms with Gasteiger partial charge in [0.05, 0.1) is 5.56 Å². The highest BCUT2D eigenvalue weighted by molar-refractivity contribution is 9.10. The van der Waals surface area contributed by atoms with E-state index in [-0.39, 0.29) is 5.91 Å². The molecule has 0 radical (unpaired) electrons. The average Bonchev–Trinajstić information content (AvgIpc) is 2.39. The number of carbonyl (C=O) groups is 1. The summed E-state index contributed by atoms with van der Waals surface area (Å²) in [6, 6.07) is 13.0. The van der Waals surface area contributed by atoms with Crippen LogP contribution >= 0.6 is 15.9 Å². The summed E-state index contributed by atoms with van der Waals surface area (Å²) in [6.07, 6.45) is 0.867. The number of nitrogens with two attached hydrogens (primary N) is 1. The third-order valence-electron chi connectivity index (χ3n) is 2.90. The summed E-state index contributed by atoms with van der Waals surface area (Å²) < 4.78 is 0.857. The first-order valence-electron chi connectivity index (χ1n) is 6.06. The van der Waals surface area contributed by atoms with Crippen molar-refractivity contribution < 1.29 is 4.79 Å². The van der Waals surface area contributed by atoms with Crippen LogP contribution in [0, 0.1) is 0 Å². The Morgan fingerprint density at radius 1 is 1.26 bits per heavy atom. The third-order valence-corrected chi connectivity index (χ3v) is 3.40. The minimum atomic E-state index is -0.189. The predicted octanol–water partition coefficient (Wildman–Crippen LogP) is 3.85. The molecule has 3 N–H and O–H groups in total. The quantitative estimate of drug-likeness (QED) is 0.845. The van der Waals surface area contributed by atoms with Gasteiger partial charge in [-0.2, -0.15) is 0 Å². The van der Waals surface area contributed by atoms with Crippen LogP contribution in [0.2, 0.25) is 0 Å². The van der Waals surface area contributed by atoms with Crippen LogP contribution in [0.3, 0.4) is 0 Å². The van der Waals surface area contributed by atoms with Crippen molar-refractivity contribution in [1.29, 1.82) is 0 Å². The minimum Gasteiger partial charge on any atom is -0.398 e.